The van der Waals surface area contributed by atoms with Crippen molar-refractivity contribution in [2.75, 3.05) is 6.61 Å². The Morgan fingerprint density at radius 3 is 2.33 bits per heavy atom. The van der Waals surface area contributed by atoms with E-state index in [1.54, 1.807) is 12.1 Å². The third kappa shape index (κ3) is 3.93. The summed E-state index contributed by atoms with van der Waals surface area (Å²) in [6.07, 6.45) is 2.57. The molecule has 0 aliphatic rings. The number of primary amides is 1. The first kappa shape index (κ1) is 13.8. The second-order valence-corrected chi connectivity index (χ2v) is 3.91. The van der Waals surface area contributed by atoms with Gasteiger partial charge in [0, 0.05) is 6.08 Å². The highest BCUT2D eigenvalue weighted by Crippen LogP contribution is 2.25. The quantitative estimate of drug-likeness (QED) is 0.769. The predicted octanol–water partition coefficient (Wildman–Crippen LogP) is 1.27. The number of nitrogens with two attached hydrogens (primary N) is 1. The fourth-order valence-electron chi connectivity index (χ4n) is 1.62. The van der Waals surface area contributed by atoms with E-state index in [0.29, 0.717) is 5.75 Å². The van der Waals surface area contributed by atoms with E-state index >= 15 is 0 Å². The lowest BCUT2D eigenvalue weighted by atomic mass is 10.1. The normalized spacial score (nSPS) is 10.6. The first-order valence-corrected chi connectivity index (χ1v) is 5.33. The number of carbonyl (C=O) groups is 2. The van der Waals surface area contributed by atoms with Crippen LogP contribution in [0.1, 0.15) is 16.7 Å². The zero-order valence-corrected chi connectivity index (χ0v) is 10.3. The first-order chi connectivity index (χ1) is 8.40. The monoisotopic (exact) mass is 249 g/mol. The number of ether oxygens (including phenoxy) is 1. The van der Waals surface area contributed by atoms with Crippen molar-refractivity contribution in [2.24, 2.45) is 5.73 Å². The van der Waals surface area contributed by atoms with Crippen molar-refractivity contribution in [2.45, 2.75) is 13.8 Å². The maximum Gasteiger partial charge on any atom is 0.328 e. The van der Waals surface area contributed by atoms with Crippen molar-refractivity contribution in [3.8, 4) is 5.75 Å². The summed E-state index contributed by atoms with van der Waals surface area (Å²) in [5.74, 6) is -0.940. The van der Waals surface area contributed by atoms with Crippen LogP contribution in [0.2, 0.25) is 0 Å². The van der Waals surface area contributed by atoms with Crippen LogP contribution in [0, 0.1) is 13.8 Å². The van der Waals surface area contributed by atoms with E-state index < -0.39 is 11.9 Å². The van der Waals surface area contributed by atoms with Gasteiger partial charge in [-0.05, 0) is 48.7 Å². The van der Waals surface area contributed by atoms with Gasteiger partial charge in [-0.2, -0.15) is 0 Å². The van der Waals surface area contributed by atoms with Gasteiger partial charge in [0.15, 0.2) is 6.61 Å². The zero-order valence-electron chi connectivity index (χ0n) is 10.3. The SMILES string of the molecule is Cc1cc(/C=C/C(=O)O)cc(C)c1OCC(N)=O. The van der Waals surface area contributed by atoms with Crippen LogP contribution in [-0.4, -0.2) is 23.6 Å². The molecule has 0 atom stereocenters. The summed E-state index contributed by atoms with van der Waals surface area (Å²) >= 11 is 0. The zero-order chi connectivity index (χ0) is 13.7. The van der Waals surface area contributed by atoms with E-state index in [1.807, 2.05) is 13.8 Å². The number of benzene rings is 1. The molecule has 0 heterocycles. The average molecular weight is 249 g/mol. The largest absolute Gasteiger partial charge is 0.483 e. The van der Waals surface area contributed by atoms with E-state index in [0.717, 1.165) is 22.8 Å². The second kappa shape index (κ2) is 5.86. The van der Waals surface area contributed by atoms with Gasteiger partial charge >= 0.3 is 5.97 Å². The molecular weight excluding hydrogens is 234 g/mol. The Morgan fingerprint density at radius 1 is 1.33 bits per heavy atom. The van der Waals surface area contributed by atoms with E-state index in [4.69, 9.17) is 15.6 Å². The summed E-state index contributed by atoms with van der Waals surface area (Å²) in [6, 6.07) is 3.56. The van der Waals surface area contributed by atoms with Gasteiger partial charge in [-0.25, -0.2) is 4.79 Å². The molecule has 96 valence electrons. The molecule has 0 aromatic heterocycles. The summed E-state index contributed by atoms with van der Waals surface area (Å²) < 4.78 is 5.29. The number of amides is 1. The maximum absolute atomic E-state index is 10.7. The fourth-order valence-corrected chi connectivity index (χ4v) is 1.62. The van der Waals surface area contributed by atoms with E-state index in [9.17, 15) is 9.59 Å². The Labute approximate surface area is 105 Å². The third-order valence-electron chi connectivity index (χ3n) is 2.26. The van der Waals surface area contributed by atoms with Crippen LogP contribution in [-0.2, 0) is 9.59 Å². The molecule has 0 fully saturated rings. The summed E-state index contributed by atoms with van der Waals surface area (Å²) in [4.78, 5) is 21.1. The molecular formula is C13H15NO4. The Kier molecular flexibility index (Phi) is 4.48. The standard InChI is InChI=1S/C13H15NO4/c1-8-5-10(3-4-12(16)17)6-9(2)13(8)18-7-11(14)15/h3-6H,7H2,1-2H3,(H2,14,15)(H,16,17)/b4-3+. The minimum absolute atomic E-state index is 0.175. The molecule has 1 aromatic rings. The lowest BCUT2D eigenvalue weighted by molar-refractivity contribution is -0.131. The molecule has 0 unspecified atom stereocenters. The van der Waals surface area contributed by atoms with Gasteiger partial charge in [0.2, 0.25) is 0 Å². The van der Waals surface area contributed by atoms with Gasteiger partial charge in [0.25, 0.3) is 5.91 Å². The molecule has 0 saturated carbocycles. The molecule has 0 spiro atoms. The molecule has 0 bridgehead atoms. The average Bonchev–Trinajstić information content (AvgIpc) is 2.24. The van der Waals surface area contributed by atoms with Crippen molar-refractivity contribution >= 4 is 18.0 Å². The minimum atomic E-state index is -1.00. The van der Waals surface area contributed by atoms with Crippen molar-refractivity contribution < 1.29 is 19.4 Å². The van der Waals surface area contributed by atoms with Crippen LogP contribution < -0.4 is 10.5 Å². The second-order valence-electron chi connectivity index (χ2n) is 3.91. The van der Waals surface area contributed by atoms with Gasteiger partial charge in [0.1, 0.15) is 5.75 Å². The molecule has 0 aliphatic heterocycles. The van der Waals surface area contributed by atoms with Crippen LogP contribution >= 0.6 is 0 Å². The summed E-state index contributed by atoms with van der Waals surface area (Å²) in [5, 5.41) is 8.55. The third-order valence-corrected chi connectivity index (χ3v) is 2.26. The van der Waals surface area contributed by atoms with Crippen molar-refractivity contribution in [1.29, 1.82) is 0 Å². The van der Waals surface area contributed by atoms with Crippen LogP contribution in [0.3, 0.4) is 0 Å². The number of rotatable bonds is 5. The lowest BCUT2D eigenvalue weighted by Gasteiger charge is -2.11. The van der Waals surface area contributed by atoms with E-state index in [-0.39, 0.29) is 6.61 Å². The number of hydrogen-bond acceptors (Lipinski definition) is 3. The summed E-state index contributed by atoms with van der Waals surface area (Å²) in [5.41, 5.74) is 7.42. The molecule has 1 aromatic carbocycles. The number of carboxylic acids is 1. The molecule has 0 aliphatic carbocycles. The smallest absolute Gasteiger partial charge is 0.328 e. The number of aryl methyl sites for hydroxylation is 2. The molecule has 5 nitrogen and oxygen atoms in total. The topological polar surface area (TPSA) is 89.6 Å². The van der Waals surface area contributed by atoms with Gasteiger partial charge < -0.3 is 15.6 Å². The Hall–Kier alpha value is -2.30. The van der Waals surface area contributed by atoms with Crippen molar-refractivity contribution in [1.82, 2.24) is 0 Å². The predicted molar refractivity (Wildman–Crippen MR) is 67.3 cm³/mol. The van der Waals surface area contributed by atoms with Gasteiger partial charge in [-0.15, -0.1) is 0 Å². The van der Waals surface area contributed by atoms with Crippen LogP contribution in [0.15, 0.2) is 18.2 Å². The van der Waals surface area contributed by atoms with Gasteiger partial charge in [-0.1, -0.05) is 0 Å². The van der Waals surface area contributed by atoms with Crippen LogP contribution in [0.25, 0.3) is 6.08 Å². The molecule has 18 heavy (non-hydrogen) atoms. The van der Waals surface area contributed by atoms with E-state index in [2.05, 4.69) is 0 Å². The number of hydrogen-bond donors (Lipinski definition) is 2. The molecule has 1 rings (SSSR count). The molecule has 0 saturated heterocycles. The van der Waals surface area contributed by atoms with Gasteiger partial charge in [0.05, 0.1) is 0 Å². The first-order valence-electron chi connectivity index (χ1n) is 5.33. The van der Waals surface area contributed by atoms with E-state index in [1.165, 1.54) is 6.08 Å². The van der Waals surface area contributed by atoms with Crippen molar-refractivity contribution in [3.05, 3.63) is 34.9 Å². The molecule has 5 heteroatoms. The van der Waals surface area contributed by atoms with Gasteiger partial charge in [-0.3, -0.25) is 4.79 Å². The molecule has 1 amide bonds. The molecule has 0 radical (unpaired) electrons. The Morgan fingerprint density at radius 2 is 1.89 bits per heavy atom. The number of aliphatic carboxylic acids is 1. The summed E-state index contributed by atoms with van der Waals surface area (Å²) in [7, 11) is 0. The lowest BCUT2D eigenvalue weighted by Crippen LogP contribution is -2.20. The number of carboxylic acid groups (broad SMARTS) is 1. The van der Waals surface area contributed by atoms with Crippen molar-refractivity contribution in [3.63, 3.8) is 0 Å². The van der Waals surface area contributed by atoms with Crippen LogP contribution in [0.5, 0.6) is 5.75 Å². The fraction of sp³-hybridized carbons (Fsp3) is 0.231. The highest BCUT2D eigenvalue weighted by molar-refractivity contribution is 5.85. The maximum atomic E-state index is 10.7. The summed E-state index contributed by atoms with van der Waals surface area (Å²) in [6.45, 7) is 3.47. The highest BCUT2D eigenvalue weighted by Gasteiger charge is 2.07. The number of carbonyl (C=O) groups excluding carboxylic acids is 1. The molecule has 3 N–H and O–H groups in total. The minimum Gasteiger partial charge on any atom is -0.483 e. The highest BCUT2D eigenvalue weighted by atomic mass is 16.5. The Bertz CT molecular complexity index is 483. The van der Waals surface area contributed by atoms with Crippen LogP contribution in [0.4, 0.5) is 0 Å². The Balaban J connectivity index is 2.97.